The van der Waals surface area contributed by atoms with Crippen LogP contribution in [-0.2, 0) is 4.79 Å². The van der Waals surface area contributed by atoms with Gasteiger partial charge in [-0.3, -0.25) is 10.1 Å². The summed E-state index contributed by atoms with van der Waals surface area (Å²) in [6.45, 7) is 5.76. The van der Waals surface area contributed by atoms with Crippen molar-refractivity contribution < 1.29 is 9.21 Å². The zero-order valence-corrected chi connectivity index (χ0v) is 12.3. The summed E-state index contributed by atoms with van der Waals surface area (Å²) in [5, 5.41) is 19.7. The van der Waals surface area contributed by atoms with Gasteiger partial charge in [0.2, 0.25) is 16.9 Å². The summed E-state index contributed by atoms with van der Waals surface area (Å²) in [6.07, 6.45) is 0. The monoisotopic (exact) mass is 299 g/mol. The highest BCUT2D eigenvalue weighted by atomic mass is 32.2. The van der Waals surface area contributed by atoms with Crippen LogP contribution in [0.25, 0.3) is 0 Å². The topological polar surface area (TPSA) is 93.8 Å². The SMILES string of the molecule is Cc1nnc(NC(=O)CSc2nnc(C(C)C)o2)s1. The van der Waals surface area contributed by atoms with Crippen molar-refractivity contribution in [3.05, 3.63) is 10.9 Å². The van der Waals surface area contributed by atoms with Crippen LogP contribution in [-0.4, -0.2) is 32.1 Å². The van der Waals surface area contributed by atoms with Crippen LogP contribution in [0.15, 0.2) is 9.64 Å². The zero-order chi connectivity index (χ0) is 13.8. The maximum atomic E-state index is 11.7. The van der Waals surface area contributed by atoms with E-state index in [2.05, 4.69) is 25.7 Å². The van der Waals surface area contributed by atoms with Crippen LogP contribution in [0.5, 0.6) is 0 Å². The number of hydrogen-bond donors (Lipinski definition) is 1. The van der Waals surface area contributed by atoms with E-state index in [4.69, 9.17) is 4.42 Å². The Morgan fingerprint density at radius 2 is 2.16 bits per heavy atom. The molecule has 0 aliphatic carbocycles. The van der Waals surface area contributed by atoms with E-state index in [0.717, 1.165) is 5.01 Å². The number of hydrogen-bond acceptors (Lipinski definition) is 8. The van der Waals surface area contributed by atoms with E-state index in [-0.39, 0.29) is 17.6 Å². The first-order chi connectivity index (χ1) is 9.04. The molecule has 2 aromatic heterocycles. The summed E-state index contributed by atoms with van der Waals surface area (Å²) in [7, 11) is 0. The molecule has 0 aliphatic heterocycles. The second-order valence-corrected chi connectivity index (χ2v) is 6.13. The lowest BCUT2D eigenvalue weighted by atomic mass is 10.2. The third-order valence-electron chi connectivity index (χ3n) is 2.02. The van der Waals surface area contributed by atoms with Gasteiger partial charge in [-0.25, -0.2) is 0 Å². The van der Waals surface area contributed by atoms with Crippen molar-refractivity contribution in [2.75, 3.05) is 11.1 Å². The van der Waals surface area contributed by atoms with Gasteiger partial charge in [0.25, 0.3) is 5.22 Å². The smallest absolute Gasteiger partial charge is 0.277 e. The molecule has 2 rings (SSSR count). The summed E-state index contributed by atoms with van der Waals surface area (Å²) in [6, 6.07) is 0. The maximum Gasteiger partial charge on any atom is 0.277 e. The van der Waals surface area contributed by atoms with Crippen LogP contribution in [0.1, 0.15) is 30.7 Å². The minimum atomic E-state index is -0.176. The number of rotatable bonds is 5. The molecule has 0 unspecified atom stereocenters. The molecular formula is C10H13N5O2S2. The molecule has 1 N–H and O–H groups in total. The molecule has 2 heterocycles. The molecule has 0 aromatic carbocycles. The Labute approximate surface area is 118 Å². The maximum absolute atomic E-state index is 11.7. The number of amides is 1. The molecule has 1 amide bonds. The molecule has 102 valence electrons. The molecule has 0 atom stereocenters. The highest BCUT2D eigenvalue weighted by Gasteiger charge is 2.12. The van der Waals surface area contributed by atoms with Crippen LogP contribution in [0.2, 0.25) is 0 Å². The van der Waals surface area contributed by atoms with E-state index in [1.807, 2.05) is 20.8 Å². The first kappa shape index (κ1) is 13.9. The number of aromatic nitrogens is 4. The molecular weight excluding hydrogens is 286 g/mol. The lowest BCUT2D eigenvalue weighted by Crippen LogP contribution is -2.13. The number of carbonyl (C=O) groups is 1. The fourth-order valence-corrected chi connectivity index (χ4v) is 2.32. The quantitative estimate of drug-likeness (QED) is 0.845. The highest BCUT2D eigenvalue weighted by Crippen LogP contribution is 2.20. The molecule has 0 bridgehead atoms. The molecule has 0 saturated heterocycles. The average molecular weight is 299 g/mol. The Morgan fingerprint density at radius 3 is 2.74 bits per heavy atom. The number of thioether (sulfide) groups is 1. The largest absolute Gasteiger partial charge is 0.416 e. The second-order valence-electron chi connectivity index (χ2n) is 4.02. The molecule has 0 saturated carbocycles. The average Bonchev–Trinajstić information content (AvgIpc) is 2.96. The van der Waals surface area contributed by atoms with Gasteiger partial charge in [0.1, 0.15) is 5.01 Å². The number of nitrogens with zero attached hydrogens (tertiary/aromatic N) is 4. The van der Waals surface area contributed by atoms with Crippen molar-refractivity contribution >= 4 is 34.1 Å². The van der Waals surface area contributed by atoms with E-state index >= 15 is 0 Å². The predicted molar refractivity (Wildman–Crippen MR) is 72.4 cm³/mol. The molecule has 9 heteroatoms. The fraction of sp³-hybridized carbons (Fsp3) is 0.500. The molecule has 19 heavy (non-hydrogen) atoms. The van der Waals surface area contributed by atoms with Crippen molar-refractivity contribution in [2.24, 2.45) is 0 Å². The first-order valence-corrected chi connectivity index (χ1v) is 7.41. The Kier molecular flexibility index (Phi) is 4.48. The molecule has 2 aromatic rings. The fourth-order valence-electron chi connectivity index (χ4n) is 1.14. The van der Waals surface area contributed by atoms with Crippen LogP contribution in [0.3, 0.4) is 0 Å². The Bertz CT molecular complexity index is 566. The third kappa shape index (κ3) is 4.00. The molecule has 0 aliphatic rings. The van der Waals surface area contributed by atoms with Gasteiger partial charge in [-0.05, 0) is 6.92 Å². The highest BCUT2D eigenvalue weighted by molar-refractivity contribution is 7.99. The van der Waals surface area contributed by atoms with Crippen molar-refractivity contribution in [2.45, 2.75) is 31.9 Å². The van der Waals surface area contributed by atoms with Crippen molar-refractivity contribution in [1.82, 2.24) is 20.4 Å². The lowest BCUT2D eigenvalue weighted by Gasteiger charge is -1.98. The molecule has 0 spiro atoms. The van der Waals surface area contributed by atoms with Crippen molar-refractivity contribution in [3.63, 3.8) is 0 Å². The van der Waals surface area contributed by atoms with Crippen LogP contribution in [0, 0.1) is 6.92 Å². The van der Waals surface area contributed by atoms with Gasteiger partial charge in [0.05, 0.1) is 5.75 Å². The van der Waals surface area contributed by atoms with Gasteiger partial charge in [0.15, 0.2) is 0 Å². The summed E-state index contributed by atoms with van der Waals surface area (Å²) in [5.41, 5.74) is 0. The van der Waals surface area contributed by atoms with E-state index in [9.17, 15) is 4.79 Å². The van der Waals surface area contributed by atoms with Gasteiger partial charge >= 0.3 is 0 Å². The van der Waals surface area contributed by atoms with Crippen LogP contribution < -0.4 is 5.32 Å². The van der Waals surface area contributed by atoms with Gasteiger partial charge < -0.3 is 4.42 Å². The van der Waals surface area contributed by atoms with Crippen LogP contribution in [0.4, 0.5) is 5.13 Å². The summed E-state index contributed by atoms with van der Waals surface area (Å²) >= 11 is 2.53. The van der Waals surface area contributed by atoms with Gasteiger partial charge in [-0.15, -0.1) is 20.4 Å². The Hall–Kier alpha value is -1.48. The summed E-state index contributed by atoms with van der Waals surface area (Å²) in [5.74, 6) is 0.770. The third-order valence-corrected chi connectivity index (χ3v) is 3.59. The minimum Gasteiger partial charge on any atom is -0.416 e. The normalized spacial score (nSPS) is 10.9. The standard InChI is InChI=1S/C10H13N5O2S2/c1-5(2)8-13-15-10(17-8)18-4-7(16)11-9-14-12-6(3)19-9/h5H,4H2,1-3H3,(H,11,14,16). The Morgan fingerprint density at radius 1 is 1.37 bits per heavy atom. The van der Waals surface area contributed by atoms with Crippen molar-refractivity contribution in [3.8, 4) is 0 Å². The Balaban J connectivity index is 1.82. The summed E-state index contributed by atoms with van der Waals surface area (Å²) < 4.78 is 5.39. The number of aryl methyl sites for hydroxylation is 1. The van der Waals surface area contributed by atoms with Gasteiger partial charge in [-0.2, -0.15) is 0 Å². The molecule has 0 fully saturated rings. The van der Waals surface area contributed by atoms with Crippen LogP contribution >= 0.6 is 23.1 Å². The van der Waals surface area contributed by atoms with E-state index in [1.165, 1.54) is 23.1 Å². The van der Waals surface area contributed by atoms with Gasteiger partial charge in [-0.1, -0.05) is 36.9 Å². The number of carbonyl (C=O) groups excluding carboxylic acids is 1. The predicted octanol–water partition coefficient (Wildman–Crippen LogP) is 2.08. The second kappa shape index (κ2) is 6.11. The summed E-state index contributed by atoms with van der Waals surface area (Å²) in [4.78, 5) is 11.7. The number of nitrogens with one attached hydrogen (secondary N) is 1. The molecule has 0 radical (unpaired) electrons. The lowest BCUT2D eigenvalue weighted by molar-refractivity contribution is -0.113. The zero-order valence-electron chi connectivity index (χ0n) is 10.7. The minimum absolute atomic E-state index is 0.176. The van der Waals surface area contributed by atoms with E-state index < -0.39 is 0 Å². The van der Waals surface area contributed by atoms with Crippen molar-refractivity contribution in [1.29, 1.82) is 0 Å². The molecule has 7 nitrogen and oxygen atoms in total. The van der Waals surface area contributed by atoms with Gasteiger partial charge in [0, 0.05) is 5.92 Å². The first-order valence-electron chi connectivity index (χ1n) is 5.60. The van der Waals surface area contributed by atoms with E-state index in [0.29, 0.717) is 16.2 Å². The number of anilines is 1. The van der Waals surface area contributed by atoms with E-state index in [1.54, 1.807) is 0 Å².